The molecule has 0 fully saturated rings. The molecule has 16 heavy (non-hydrogen) atoms. The normalized spacial score (nSPS) is 10.8. The van der Waals surface area contributed by atoms with Gasteiger partial charge in [-0.05, 0) is 12.1 Å². The summed E-state index contributed by atoms with van der Waals surface area (Å²) in [5.41, 5.74) is 1.54. The van der Waals surface area contributed by atoms with E-state index in [0.717, 1.165) is 5.56 Å². The van der Waals surface area contributed by atoms with Crippen LogP contribution in [0.3, 0.4) is 0 Å². The minimum atomic E-state index is 0.481. The maximum absolute atomic E-state index is 6.06. The first-order valence-corrected chi connectivity index (χ1v) is 4.99. The van der Waals surface area contributed by atoms with Crippen LogP contribution in [0.15, 0.2) is 36.9 Å². The van der Waals surface area contributed by atoms with Crippen molar-refractivity contribution in [2.75, 3.05) is 0 Å². The van der Waals surface area contributed by atoms with Crippen LogP contribution < -0.4 is 0 Å². The van der Waals surface area contributed by atoms with Crippen LogP contribution >= 0.6 is 11.6 Å². The highest BCUT2D eigenvalue weighted by atomic mass is 35.5. The molecule has 78 valence electrons. The van der Waals surface area contributed by atoms with Gasteiger partial charge in [-0.2, -0.15) is 0 Å². The van der Waals surface area contributed by atoms with Crippen molar-refractivity contribution in [3.05, 3.63) is 42.1 Å². The molecule has 0 bridgehead atoms. The number of hydrogen-bond donors (Lipinski definition) is 0. The highest BCUT2D eigenvalue weighted by Gasteiger charge is 2.10. The molecule has 0 atom stereocenters. The van der Waals surface area contributed by atoms with Crippen LogP contribution in [0, 0.1) is 0 Å². The van der Waals surface area contributed by atoms with E-state index in [0.29, 0.717) is 16.6 Å². The molecule has 0 saturated heterocycles. The van der Waals surface area contributed by atoms with Crippen molar-refractivity contribution in [2.45, 2.75) is 0 Å². The number of hydrogen-bond acceptors (Lipinski definition) is 4. The van der Waals surface area contributed by atoms with Crippen molar-refractivity contribution in [1.29, 1.82) is 0 Å². The summed E-state index contributed by atoms with van der Waals surface area (Å²) in [5.74, 6) is 0.685. The molecule has 3 aromatic rings. The molecule has 3 aromatic heterocycles. The van der Waals surface area contributed by atoms with Crippen LogP contribution in [0.1, 0.15) is 0 Å². The van der Waals surface area contributed by atoms with E-state index >= 15 is 0 Å². The van der Waals surface area contributed by atoms with Gasteiger partial charge in [0.15, 0.2) is 11.5 Å². The second-order valence-electron chi connectivity index (χ2n) is 3.18. The third-order valence-corrected chi connectivity index (χ3v) is 2.48. The van der Waals surface area contributed by atoms with Gasteiger partial charge >= 0.3 is 0 Å². The molecule has 0 saturated carbocycles. The Kier molecular flexibility index (Phi) is 2.04. The minimum Gasteiger partial charge on any atom is -0.265 e. The van der Waals surface area contributed by atoms with Gasteiger partial charge in [0.05, 0.1) is 12.4 Å². The van der Waals surface area contributed by atoms with E-state index in [1.807, 2.05) is 12.1 Å². The van der Waals surface area contributed by atoms with Crippen LogP contribution in [0.25, 0.3) is 17.0 Å². The molecule has 0 aliphatic heterocycles. The molecule has 0 N–H and O–H groups in total. The summed E-state index contributed by atoms with van der Waals surface area (Å²) in [6, 6.07) is 3.71. The first kappa shape index (κ1) is 9.23. The standard InChI is InChI=1S/C10H6ClN5/c11-8-5-13-6-9-14-15-10(16(8)9)7-1-3-12-4-2-7/h1-6H. The van der Waals surface area contributed by atoms with Crippen LogP contribution in [0.4, 0.5) is 0 Å². The smallest absolute Gasteiger partial charge is 0.180 e. The predicted octanol–water partition coefficient (Wildman–Crippen LogP) is 1.84. The van der Waals surface area contributed by atoms with Gasteiger partial charge < -0.3 is 0 Å². The average molecular weight is 232 g/mol. The fourth-order valence-corrected chi connectivity index (χ4v) is 1.72. The first-order valence-electron chi connectivity index (χ1n) is 4.61. The van der Waals surface area contributed by atoms with Crippen molar-refractivity contribution in [2.24, 2.45) is 0 Å². The summed E-state index contributed by atoms with van der Waals surface area (Å²) in [4.78, 5) is 7.91. The topological polar surface area (TPSA) is 56.0 Å². The Hall–Kier alpha value is -2.01. The van der Waals surface area contributed by atoms with E-state index in [1.165, 1.54) is 0 Å². The summed E-state index contributed by atoms with van der Waals surface area (Å²) in [5, 5.41) is 8.57. The van der Waals surface area contributed by atoms with Gasteiger partial charge in [-0.25, -0.2) is 0 Å². The lowest BCUT2D eigenvalue weighted by atomic mass is 10.2. The molecule has 0 aliphatic carbocycles. The molecule has 3 heterocycles. The van der Waals surface area contributed by atoms with E-state index in [-0.39, 0.29) is 0 Å². The zero-order chi connectivity index (χ0) is 11.0. The summed E-state index contributed by atoms with van der Waals surface area (Å²) in [6.07, 6.45) is 6.57. The maximum atomic E-state index is 6.06. The van der Waals surface area contributed by atoms with Gasteiger partial charge in [0.1, 0.15) is 5.15 Å². The average Bonchev–Trinajstić information content (AvgIpc) is 2.75. The molecule has 0 amide bonds. The Bertz CT molecular complexity index is 634. The number of rotatable bonds is 1. The van der Waals surface area contributed by atoms with Crippen molar-refractivity contribution in [3.8, 4) is 11.4 Å². The van der Waals surface area contributed by atoms with Gasteiger partial charge in [-0.15, -0.1) is 10.2 Å². The Labute approximate surface area is 95.8 Å². The number of aromatic nitrogens is 5. The number of halogens is 1. The Morgan fingerprint density at radius 3 is 2.62 bits per heavy atom. The second-order valence-corrected chi connectivity index (χ2v) is 3.57. The van der Waals surface area contributed by atoms with E-state index in [2.05, 4.69) is 20.2 Å². The highest BCUT2D eigenvalue weighted by Crippen LogP contribution is 2.20. The summed E-state index contributed by atoms with van der Waals surface area (Å²) >= 11 is 6.06. The summed E-state index contributed by atoms with van der Waals surface area (Å²) < 4.78 is 1.74. The molecular weight excluding hydrogens is 226 g/mol. The molecule has 3 rings (SSSR count). The molecule has 0 spiro atoms. The highest BCUT2D eigenvalue weighted by molar-refractivity contribution is 6.29. The van der Waals surface area contributed by atoms with Crippen molar-refractivity contribution in [3.63, 3.8) is 0 Å². The fraction of sp³-hybridized carbons (Fsp3) is 0. The molecule has 0 aromatic carbocycles. The Balaban J connectivity index is 2.33. The van der Waals surface area contributed by atoms with Crippen molar-refractivity contribution < 1.29 is 0 Å². The van der Waals surface area contributed by atoms with Crippen LogP contribution in [-0.2, 0) is 0 Å². The molecule has 0 radical (unpaired) electrons. The molecule has 0 unspecified atom stereocenters. The van der Waals surface area contributed by atoms with Crippen LogP contribution in [0.5, 0.6) is 0 Å². The quantitative estimate of drug-likeness (QED) is 0.641. The lowest BCUT2D eigenvalue weighted by Gasteiger charge is -2.00. The third kappa shape index (κ3) is 1.33. The lowest BCUT2D eigenvalue weighted by Crippen LogP contribution is -1.92. The van der Waals surface area contributed by atoms with E-state index in [1.54, 1.807) is 29.2 Å². The largest absolute Gasteiger partial charge is 0.265 e. The summed E-state index contributed by atoms with van der Waals surface area (Å²) in [7, 11) is 0. The monoisotopic (exact) mass is 231 g/mol. The summed E-state index contributed by atoms with van der Waals surface area (Å²) in [6.45, 7) is 0. The molecule has 5 nitrogen and oxygen atoms in total. The number of fused-ring (bicyclic) bond motifs is 1. The van der Waals surface area contributed by atoms with E-state index in [4.69, 9.17) is 11.6 Å². The molecule has 0 aliphatic rings. The molecule has 6 heteroatoms. The van der Waals surface area contributed by atoms with Gasteiger partial charge in [-0.3, -0.25) is 14.4 Å². The van der Waals surface area contributed by atoms with Gasteiger partial charge in [-0.1, -0.05) is 11.6 Å². The van der Waals surface area contributed by atoms with Gasteiger partial charge in [0.25, 0.3) is 0 Å². The number of nitrogens with zero attached hydrogens (tertiary/aromatic N) is 5. The lowest BCUT2D eigenvalue weighted by molar-refractivity contribution is 1.11. The Morgan fingerprint density at radius 1 is 1.00 bits per heavy atom. The minimum absolute atomic E-state index is 0.481. The van der Waals surface area contributed by atoms with E-state index in [9.17, 15) is 0 Å². The second kappa shape index (κ2) is 3.53. The van der Waals surface area contributed by atoms with Crippen molar-refractivity contribution in [1.82, 2.24) is 24.6 Å². The van der Waals surface area contributed by atoms with Gasteiger partial charge in [0, 0.05) is 18.0 Å². The van der Waals surface area contributed by atoms with Crippen molar-refractivity contribution >= 4 is 17.2 Å². The molecular formula is C10H6ClN5. The predicted molar refractivity (Wildman–Crippen MR) is 59.0 cm³/mol. The zero-order valence-electron chi connectivity index (χ0n) is 8.08. The van der Waals surface area contributed by atoms with Gasteiger partial charge in [0.2, 0.25) is 0 Å². The SMILES string of the molecule is Clc1cncc2nnc(-c3ccncc3)n12. The third-order valence-electron chi connectivity index (χ3n) is 2.21. The number of pyridine rings is 1. The van der Waals surface area contributed by atoms with Crippen LogP contribution in [-0.4, -0.2) is 24.6 Å². The zero-order valence-corrected chi connectivity index (χ0v) is 8.83. The van der Waals surface area contributed by atoms with E-state index < -0.39 is 0 Å². The fourth-order valence-electron chi connectivity index (χ4n) is 1.50. The Morgan fingerprint density at radius 2 is 1.81 bits per heavy atom. The van der Waals surface area contributed by atoms with Crippen LogP contribution in [0.2, 0.25) is 5.15 Å². The first-order chi connectivity index (χ1) is 7.86. The maximum Gasteiger partial charge on any atom is 0.180 e.